The minimum Gasteiger partial charge on any atom is -0.497 e. The van der Waals surface area contributed by atoms with E-state index in [0.717, 1.165) is 21.0 Å². The number of carbonyl (C=O) groups is 1. The molecule has 0 atom stereocenters. The van der Waals surface area contributed by atoms with Gasteiger partial charge in [-0.25, -0.2) is 8.42 Å². The van der Waals surface area contributed by atoms with Crippen molar-refractivity contribution < 1.29 is 22.7 Å². The van der Waals surface area contributed by atoms with Gasteiger partial charge in [0.2, 0.25) is 0 Å². The molecule has 3 aromatic rings. The van der Waals surface area contributed by atoms with Crippen molar-refractivity contribution in [3.63, 3.8) is 0 Å². The lowest BCUT2D eigenvalue weighted by molar-refractivity contribution is -0.119. The Morgan fingerprint density at radius 2 is 1.48 bits per heavy atom. The van der Waals surface area contributed by atoms with Crippen molar-refractivity contribution in [3.8, 4) is 11.5 Å². The Balaban J connectivity index is 1.97. The number of anilines is 1. The van der Waals surface area contributed by atoms with Crippen molar-refractivity contribution in [2.24, 2.45) is 0 Å². The third kappa shape index (κ3) is 5.06. The van der Waals surface area contributed by atoms with Gasteiger partial charge in [-0.1, -0.05) is 29.8 Å². The average molecular weight is 440 g/mol. The second-order valence-electron chi connectivity index (χ2n) is 7.23. The molecule has 0 saturated heterocycles. The summed E-state index contributed by atoms with van der Waals surface area (Å²) in [5.74, 6) is 0.387. The summed E-state index contributed by atoms with van der Waals surface area (Å²) in [7, 11) is -2.64. The molecule has 0 bridgehead atoms. The largest absolute Gasteiger partial charge is 0.497 e. The number of amides is 1. The molecule has 162 valence electrons. The van der Waals surface area contributed by atoms with Gasteiger partial charge in [-0.2, -0.15) is 4.31 Å². The van der Waals surface area contributed by atoms with Gasteiger partial charge in [0.1, 0.15) is 11.5 Å². The van der Waals surface area contributed by atoms with Crippen LogP contribution in [0.4, 0.5) is 5.69 Å². The summed E-state index contributed by atoms with van der Waals surface area (Å²) >= 11 is 0. The maximum atomic E-state index is 13.4. The molecule has 0 aliphatic rings. The molecule has 0 radical (unpaired) electrons. The molecule has 7 heteroatoms. The van der Waals surface area contributed by atoms with Crippen LogP contribution in [0.3, 0.4) is 0 Å². The fraction of sp³-hybridized carbons (Fsp3) is 0.208. The van der Waals surface area contributed by atoms with Crippen molar-refractivity contribution in [1.82, 2.24) is 0 Å². The van der Waals surface area contributed by atoms with Crippen LogP contribution in [0, 0.1) is 20.8 Å². The lowest BCUT2D eigenvalue weighted by Gasteiger charge is -2.23. The summed E-state index contributed by atoms with van der Waals surface area (Å²) < 4.78 is 38.4. The Morgan fingerprint density at radius 3 is 2.10 bits per heavy atom. The highest BCUT2D eigenvalue weighted by Crippen LogP contribution is 2.27. The molecule has 31 heavy (non-hydrogen) atoms. The summed E-state index contributed by atoms with van der Waals surface area (Å²) in [6, 6.07) is 18.3. The predicted octanol–water partition coefficient (Wildman–Crippen LogP) is 4.42. The number of benzene rings is 3. The lowest BCUT2D eigenvalue weighted by Crippen LogP contribution is -2.40. The molecule has 6 nitrogen and oxygen atoms in total. The van der Waals surface area contributed by atoms with Gasteiger partial charge in [0.15, 0.2) is 6.61 Å². The smallest absolute Gasteiger partial charge is 0.278 e. The zero-order chi connectivity index (χ0) is 22.6. The molecular weight excluding hydrogens is 414 g/mol. The zero-order valence-corrected chi connectivity index (χ0v) is 18.8. The molecule has 0 spiro atoms. The normalized spacial score (nSPS) is 11.1. The molecule has 0 aromatic heterocycles. The van der Waals surface area contributed by atoms with E-state index in [4.69, 9.17) is 9.47 Å². The van der Waals surface area contributed by atoms with Gasteiger partial charge in [0.25, 0.3) is 15.9 Å². The van der Waals surface area contributed by atoms with Crippen LogP contribution in [0.25, 0.3) is 0 Å². The average Bonchev–Trinajstić information content (AvgIpc) is 2.75. The highest BCUT2D eigenvalue weighted by Gasteiger charge is 2.31. The minimum atomic E-state index is -4.15. The quantitative estimate of drug-likeness (QED) is 0.545. The van der Waals surface area contributed by atoms with Crippen molar-refractivity contribution in [3.05, 3.63) is 83.4 Å². The van der Waals surface area contributed by atoms with Crippen LogP contribution in [0.2, 0.25) is 0 Å². The van der Waals surface area contributed by atoms with Gasteiger partial charge in [0.05, 0.1) is 17.7 Å². The molecule has 0 heterocycles. The highest BCUT2D eigenvalue weighted by molar-refractivity contribution is 7.93. The minimum absolute atomic E-state index is 0.0222. The highest BCUT2D eigenvalue weighted by atomic mass is 32.2. The number of hydrogen-bond donors (Lipinski definition) is 0. The molecular formula is C24H25NO5S. The number of ether oxygens (including phenoxy) is 2. The monoisotopic (exact) mass is 439 g/mol. The van der Waals surface area contributed by atoms with Crippen molar-refractivity contribution in [1.29, 1.82) is 0 Å². The van der Waals surface area contributed by atoms with Crippen LogP contribution in [-0.2, 0) is 14.8 Å². The number of rotatable bonds is 7. The second-order valence-corrected chi connectivity index (χ2v) is 9.02. The summed E-state index contributed by atoms with van der Waals surface area (Å²) in [4.78, 5) is 13.2. The molecule has 0 N–H and O–H groups in total. The molecule has 1 amide bonds. The molecule has 0 aliphatic heterocycles. The van der Waals surface area contributed by atoms with Gasteiger partial charge < -0.3 is 9.47 Å². The van der Waals surface area contributed by atoms with Gasteiger partial charge in [-0.15, -0.1) is 0 Å². The fourth-order valence-corrected chi connectivity index (χ4v) is 4.42. The van der Waals surface area contributed by atoms with E-state index in [1.165, 1.54) is 31.4 Å². The third-order valence-corrected chi connectivity index (χ3v) is 6.55. The number of hydrogen-bond acceptors (Lipinski definition) is 5. The van der Waals surface area contributed by atoms with Crippen molar-refractivity contribution in [2.75, 3.05) is 18.0 Å². The van der Waals surface area contributed by atoms with Crippen LogP contribution >= 0.6 is 0 Å². The number of methoxy groups -OCH3 is 1. The van der Waals surface area contributed by atoms with E-state index in [9.17, 15) is 13.2 Å². The molecule has 0 fully saturated rings. The Labute approximate surface area is 183 Å². The van der Waals surface area contributed by atoms with Crippen LogP contribution in [0.1, 0.15) is 16.7 Å². The topological polar surface area (TPSA) is 72.9 Å². The van der Waals surface area contributed by atoms with E-state index in [1.54, 1.807) is 24.3 Å². The molecule has 3 aromatic carbocycles. The number of nitrogens with zero attached hydrogens (tertiary/aromatic N) is 1. The summed E-state index contributed by atoms with van der Waals surface area (Å²) in [6.45, 7) is 5.21. The zero-order valence-electron chi connectivity index (χ0n) is 18.0. The van der Waals surface area contributed by atoms with E-state index in [2.05, 4.69) is 0 Å². The first-order chi connectivity index (χ1) is 14.7. The summed E-state index contributed by atoms with van der Waals surface area (Å²) in [5.41, 5.74) is 2.96. The maximum Gasteiger partial charge on any atom is 0.278 e. The summed E-state index contributed by atoms with van der Waals surface area (Å²) in [6.07, 6.45) is 0. The Kier molecular flexibility index (Phi) is 6.65. The molecule has 0 aliphatic carbocycles. The second kappa shape index (κ2) is 9.22. The number of aryl methyl sites for hydroxylation is 3. The van der Waals surface area contributed by atoms with E-state index in [-0.39, 0.29) is 10.6 Å². The Morgan fingerprint density at radius 1 is 0.871 bits per heavy atom. The summed E-state index contributed by atoms with van der Waals surface area (Å²) in [5, 5.41) is 0. The third-order valence-electron chi connectivity index (χ3n) is 4.79. The fourth-order valence-electron chi connectivity index (χ4n) is 3.01. The molecule has 0 saturated carbocycles. The van der Waals surface area contributed by atoms with Gasteiger partial charge in [-0.3, -0.25) is 4.79 Å². The molecule has 3 rings (SSSR count). The Bertz CT molecular complexity index is 1170. The van der Waals surface area contributed by atoms with E-state index in [0.29, 0.717) is 11.5 Å². The molecule has 0 unspecified atom stereocenters. The maximum absolute atomic E-state index is 13.4. The predicted molar refractivity (Wildman–Crippen MR) is 120 cm³/mol. The first kappa shape index (κ1) is 22.4. The van der Waals surface area contributed by atoms with Gasteiger partial charge in [-0.05, 0) is 74.4 Å². The number of sulfonamides is 1. The van der Waals surface area contributed by atoms with Crippen LogP contribution in [0.5, 0.6) is 11.5 Å². The van der Waals surface area contributed by atoms with Crippen LogP contribution in [-0.4, -0.2) is 28.0 Å². The van der Waals surface area contributed by atoms with E-state index >= 15 is 0 Å². The van der Waals surface area contributed by atoms with E-state index in [1.807, 2.05) is 39.0 Å². The van der Waals surface area contributed by atoms with E-state index < -0.39 is 22.5 Å². The lowest BCUT2D eigenvalue weighted by atomic mass is 10.1. The Hall–Kier alpha value is -3.32. The van der Waals surface area contributed by atoms with Gasteiger partial charge in [0, 0.05) is 0 Å². The van der Waals surface area contributed by atoms with Crippen molar-refractivity contribution in [2.45, 2.75) is 25.7 Å². The van der Waals surface area contributed by atoms with Crippen molar-refractivity contribution >= 4 is 21.6 Å². The van der Waals surface area contributed by atoms with Crippen LogP contribution < -0.4 is 13.8 Å². The SMILES string of the molecule is COc1ccc(N(C(=O)COc2cc(C)ccc2C)S(=O)(=O)c2ccc(C)cc2)cc1. The first-order valence-electron chi connectivity index (χ1n) is 9.71. The first-order valence-corrected chi connectivity index (χ1v) is 11.2. The number of carbonyl (C=O) groups excluding carboxylic acids is 1. The van der Waals surface area contributed by atoms with Crippen LogP contribution in [0.15, 0.2) is 71.6 Å². The standard InChI is InChI=1S/C24H25NO5S/c1-17-6-13-22(14-7-17)31(27,28)25(20-9-11-21(29-4)12-10-20)24(26)16-30-23-15-18(2)5-8-19(23)3/h5-15H,16H2,1-4H3. The van der Waals surface area contributed by atoms with Gasteiger partial charge >= 0.3 is 0 Å².